The number of esters is 2. The zero-order valence-electron chi connectivity index (χ0n) is 37.6. The third-order valence-corrected chi connectivity index (χ3v) is 13.5. The Hall–Kier alpha value is -0.830. The first kappa shape index (κ1) is 61.2. The third kappa shape index (κ3) is 30.5. The molecule has 0 heterocycles. The van der Waals surface area contributed by atoms with Crippen molar-refractivity contribution in [2.24, 2.45) is 0 Å². The van der Waals surface area contributed by atoms with E-state index >= 15 is 0 Å². The van der Waals surface area contributed by atoms with Crippen molar-refractivity contribution in [2.75, 3.05) is 19.0 Å². The zero-order chi connectivity index (χ0) is 48.0. The number of rotatable bonds is 39. The Bertz CT molecular complexity index is 1390. The molecule has 0 bridgehead atoms. The first-order valence-corrected chi connectivity index (χ1v) is 28.4. The number of phosphoric ester groups is 3. The second-order valence-corrected chi connectivity index (χ2v) is 21.2. The molecule has 24 heteroatoms. The minimum atomic E-state index is -5.56. The number of aliphatic hydroxyl groups is 3. The molecule has 0 aromatic carbocycles. The Morgan fingerprint density at radius 3 is 1.41 bits per heavy atom. The molecule has 4 unspecified atom stereocenters. The minimum Gasteiger partial charge on any atom is -0.466 e. The summed E-state index contributed by atoms with van der Waals surface area (Å²) in [5.74, 6) is -0.707. The van der Waals surface area contributed by atoms with E-state index in [1.165, 1.54) is 56.7 Å². The lowest BCUT2D eigenvalue weighted by Gasteiger charge is -2.44. The van der Waals surface area contributed by atoms with E-state index < -0.39 is 91.2 Å². The van der Waals surface area contributed by atoms with E-state index in [9.17, 15) is 67.9 Å². The average molecular weight is 1000 g/mol. The van der Waals surface area contributed by atoms with Crippen LogP contribution in [0.15, 0.2) is 0 Å². The van der Waals surface area contributed by atoms with Crippen molar-refractivity contribution in [3.8, 4) is 0 Å². The van der Waals surface area contributed by atoms with E-state index in [0.717, 1.165) is 89.2 Å². The lowest BCUT2D eigenvalue weighted by Crippen LogP contribution is -2.65. The van der Waals surface area contributed by atoms with Crippen LogP contribution in [-0.2, 0) is 55.6 Å². The lowest BCUT2D eigenvalue weighted by molar-refractivity contribution is -0.213. The number of thioether (sulfide) groups is 1. The first-order valence-electron chi connectivity index (χ1n) is 22.9. The van der Waals surface area contributed by atoms with Gasteiger partial charge in [0, 0.05) is 18.6 Å². The molecule has 0 spiro atoms. The zero-order valence-corrected chi connectivity index (χ0v) is 41.1. The van der Waals surface area contributed by atoms with Crippen LogP contribution in [0.4, 0.5) is 0 Å². The molecule has 0 saturated heterocycles. The van der Waals surface area contributed by atoms with Crippen LogP contribution in [0.5, 0.6) is 0 Å². The average Bonchev–Trinajstić information content (AvgIpc) is 3.20. The molecule has 0 aromatic rings. The molecule has 0 aliphatic heterocycles. The normalized spacial score (nSPS) is 21.9. The van der Waals surface area contributed by atoms with Gasteiger partial charge in [0.2, 0.25) is 0 Å². The predicted octanol–water partition coefficient (Wildman–Crippen LogP) is 7.05. The van der Waals surface area contributed by atoms with E-state index in [1.54, 1.807) is 0 Å². The SMILES string of the molecule is CCCCCCCCCCCCCCCC(=O)O[C@@H](COP(=O)(O)OC1C(O)[C@H](OP(=O)(O)O)C(O)[C@H](OP(=O)(O)O)[C@@H]1O)CC(=O)OCCCCCCCCCCSC(=O)CCC. The van der Waals surface area contributed by atoms with Crippen LogP contribution in [0.3, 0.4) is 0 Å². The van der Waals surface area contributed by atoms with Crippen molar-refractivity contribution in [1.82, 2.24) is 0 Å². The summed E-state index contributed by atoms with van der Waals surface area (Å²) in [5.41, 5.74) is 0. The van der Waals surface area contributed by atoms with Gasteiger partial charge in [-0.2, -0.15) is 0 Å². The molecule has 64 heavy (non-hydrogen) atoms. The predicted molar refractivity (Wildman–Crippen MR) is 238 cm³/mol. The highest BCUT2D eigenvalue weighted by molar-refractivity contribution is 8.13. The Morgan fingerprint density at radius 2 is 0.953 bits per heavy atom. The van der Waals surface area contributed by atoms with Crippen molar-refractivity contribution in [2.45, 2.75) is 217 Å². The second kappa shape index (κ2) is 34.5. The Labute approximate surface area is 382 Å². The van der Waals surface area contributed by atoms with Gasteiger partial charge in [0.05, 0.1) is 19.6 Å². The van der Waals surface area contributed by atoms with Crippen molar-refractivity contribution >= 4 is 52.3 Å². The number of carbonyl (C=O) groups is 3. The summed E-state index contributed by atoms with van der Waals surface area (Å²) >= 11 is 1.40. The van der Waals surface area contributed by atoms with Gasteiger partial charge >= 0.3 is 35.4 Å². The number of unbranched alkanes of at least 4 members (excludes halogenated alkanes) is 19. The molecule has 20 nitrogen and oxygen atoms in total. The number of phosphoric acid groups is 3. The number of hydrogen-bond donors (Lipinski definition) is 8. The molecule has 378 valence electrons. The summed E-state index contributed by atoms with van der Waals surface area (Å²) in [6, 6.07) is 0. The van der Waals surface area contributed by atoms with Crippen molar-refractivity contribution in [3.63, 3.8) is 0 Å². The molecular weight excluding hydrogens is 925 g/mol. The van der Waals surface area contributed by atoms with Crippen LogP contribution >= 0.6 is 35.2 Å². The molecule has 8 atom stereocenters. The maximum Gasteiger partial charge on any atom is 0.472 e. The van der Waals surface area contributed by atoms with E-state index in [-0.39, 0.29) is 18.1 Å². The minimum absolute atomic E-state index is 0.0289. The molecule has 1 aliphatic carbocycles. The number of aliphatic hydroxyl groups excluding tert-OH is 3. The molecule has 1 saturated carbocycles. The Morgan fingerprint density at radius 1 is 0.531 bits per heavy atom. The molecule has 1 rings (SSSR count). The van der Waals surface area contributed by atoms with Crippen molar-refractivity contribution < 1.29 is 95.4 Å². The number of ether oxygens (including phenoxy) is 2. The van der Waals surface area contributed by atoms with Crippen LogP contribution in [-0.4, -0.2) is 119 Å². The monoisotopic (exact) mass is 1000 g/mol. The fourth-order valence-electron chi connectivity index (χ4n) is 7.04. The van der Waals surface area contributed by atoms with Gasteiger partial charge in [-0.25, -0.2) is 13.7 Å². The van der Waals surface area contributed by atoms with Crippen molar-refractivity contribution in [3.05, 3.63) is 0 Å². The molecule has 0 aromatic heterocycles. The number of hydrogen-bond acceptors (Lipinski definition) is 16. The Balaban J connectivity index is 2.77. The second-order valence-electron chi connectivity index (χ2n) is 16.3. The molecule has 0 amide bonds. The third-order valence-electron chi connectivity index (χ3n) is 10.4. The van der Waals surface area contributed by atoms with Gasteiger partial charge < -0.3 is 49.3 Å². The summed E-state index contributed by atoms with van der Waals surface area (Å²) < 4.78 is 65.4. The Kier molecular flexibility index (Phi) is 32.9. The quantitative estimate of drug-likeness (QED) is 0.0174. The highest BCUT2D eigenvalue weighted by Crippen LogP contribution is 2.51. The van der Waals surface area contributed by atoms with Gasteiger partial charge in [0.15, 0.2) is 5.12 Å². The summed E-state index contributed by atoms with van der Waals surface area (Å²) in [4.78, 5) is 84.9. The summed E-state index contributed by atoms with van der Waals surface area (Å²) in [6.07, 6.45) is 5.88. The summed E-state index contributed by atoms with van der Waals surface area (Å²) in [7, 11) is -16.6. The van der Waals surface area contributed by atoms with Gasteiger partial charge in [-0.3, -0.25) is 32.5 Å². The molecular formula is C40H77O20P3S. The number of carbonyl (C=O) groups excluding carboxylic acids is 3. The lowest BCUT2D eigenvalue weighted by atomic mass is 9.85. The van der Waals surface area contributed by atoms with E-state index in [2.05, 4.69) is 16.0 Å². The first-order chi connectivity index (χ1) is 30.2. The summed E-state index contributed by atoms with van der Waals surface area (Å²) in [5, 5.41) is 32.0. The van der Waals surface area contributed by atoms with Gasteiger partial charge in [-0.05, 0) is 25.7 Å². The molecule has 1 fully saturated rings. The fourth-order valence-corrected chi connectivity index (χ4v) is 10.1. The smallest absolute Gasteiger partial charge is 0.466 e. The standard InChI is InChI=1S/C40H77O20P3S/c1-3-5-6-7-8-9-10-11-12-13-16-19-22-26-32(41)57-31(29-33(42)55-27-23-20-17-14-15-18-21-24-28-64-34(43)25-4-2)30-56-63(53,54)60-40-36(45)38(58-61(47,48)49)35(44)39(37(40)46)59-62(50,51)52/h31,35-40,44-46H,3-30H2,1-2H3,(H,53,54)(H2,47,48,49)(H2,50,51,52)/t31-,35?,36+,37?,38+,39-,40?/m1/s1. The summed E-state index contributed by atoms with van der Waals surface area (Å²) in [6.45, 7) is 3.27. The van der Waals surface area contributed by atoms with E-state index in [1.807, 2.05) is 6.92 Å². The van der Waals surface area contributed by atoms with E-state index in [4.69, 9.17) is 18.5 Å². The largest absolute Gasteiger partial charge is 0.472 e. The maximum atomic E-state index is 13.1. The topological polar surface area (TPSA) is 320 Å². The van der Waals surface area contributed by atoms with Crippen LogP contribution in [0.2, 0.25) is 0 Å². The highest BCUT2D eigenvalue weighted by atomic mass is 32.2. The van der Waals surface area contributed by atoms with Crippen LogP contribution in [0, 0.1) is 0 Å². The molecule has 1 aliphatic rings. The van der Waals surface area contributed by atoms with Crippen LogP contribution < -0.4 is 0 Å². The van der Waals surface area contributed by atoms with E-state index in [0.29, 0.717) is 19.3 Å². The maximum absolute atomic E-state index is 13.1. The van der Waals surface area contributed by atoms with Gasteiger partial charge in [-0.15, -0.1) is 0 Å². The van der Waals surface area contributed by atoms with Crippen LogP contribution in [0.25, 0.3) is 0 Å². The van der Waals surface area contributed by atoms with Gasteiger partial charge in [-0.1, -0.05) is 141 Å². The fraction of sp³-hybridized carbons (Fsp3) is 0.925. The molecule has 8 N–H and O–H groups in total. The van der Waals surface area contributed by atoms with Gasteiger partial charge in [0.1, 0.15) is 42.7 Å². The van der Waals surface area contributed by atoms with Gasteiger partial charge in [0.25, 0.3) is 0 Å². The highest BCUT2D eigenvalue weighted by Gasteiger charge is 2.56. The van der Waals surface area contributed by atoms with Crippen LogP contribution in [0.1, 0.15) is 174 Å². The molecule has 0 radical (unpaired) electrons. The van der Waals surface area contributed by atoms with Crippen molar-refractivity contribution in [1.29, 1.82) is 0 Å².